The minimum Gasteiger partial charge on any atom is -0.348 e. The molecule has 0 spiro atoms. The zero-order valence-electron chi connectivity index (χ0n) is 14.2. The summed E-state index contributed by atoms with van der Waals surface area (Å²) in [4.78, 5) is 12.4. The van der Waals surface area contributed by atoms with Crippen molar-refractivity contribution in [1.29, 1.82) is 0 Å². The second kappa shape index (κ2) is 6.55. The molecule has 1 saturated carbocycles. The molecular weight excluding hydrogens is 314 g/mol. The number of carbonyl (C=O) groups excluding carboxylic acids is 1. The molecule has 0 bridgehead atoms. The van der Waals surface area contributed by atoms with Crippen molar-refractivity contribution in [2.24, 2.45) is 7.05 Å². The molecule has 6 heteroatoms. The maximum Gasteiger partial charge on any atom is 0.254 e. The highest BCUT2D eigenvalue weighted by atomic mass is 16.1. The number of nitrogens with one attached hydrogen (secondary N) is 1. The Balaban J connectivity index is 1.46. The molecule has 1 aliphatic rings. The minimum atomic E-state index is -0.103. The highest BCUT2D eigenvalue weighted by Crippen LogP contribution is 2.30. The van der Waals surface area contributed by atoms with Crippen LogP contribution in [0.1, 0.15) is 41.2 Å². The van der Waals surface area contributed by atoms with Gasteiger partial charge in [0.1, 0.15) is 0 Å². The molecule has 2 heterocycles. The number of hydrogen-bond acceptors (Lipinski definition) is 3. The van der Waals surface area contributed by atoms with Crippen LogP contribution in [0, 0.1) is 0 Å². The van der Waals surface area contributed by atoms with Gasteiger partial charge in [-0.25, -0.2) is 0 Å². The van der Waals surface area contributed by atoms with E-state index in [1.807, 2.05) is 54.5 Å². The van der Waals surface area contributed by atoms with Crippen LogP contribution in [0.4, 0.5) is 0 Å². The lowest BCUT2D eigenvalue weighted by atomic mass is 9.93. The monoisotopic (exact) mass is 335 g/mol. The molecule has 4 rings (SSSR count). The Bertz CT molecular complexity index is 876. The summed E-state index contributed by atoms with van der Waals surface area (Å²) in [6, 6.07) is 10.5. The molecule has 1 fully saturated rings. The van der Waals surface area contributed by atoms with E-state index in [0.29, 0.717) is 18.2 Å². The molecule has 0 atom stereocenters. The Labute approximate surface area is 146 Å². The highest BCUT2D eigenvalue weighted by Gasteiger charge is 2.21. The summed E-state index contributed by atoms with van der Waals surface area (Å²) in [7, 11) is 1.89. The smallest absolute Gasteiger partial charge is 0.254 e. The summed E-state index contributed by atoms with van der Waals surface area (Å²) in [5, 5.41) is 11.8. The summed E-state index contributed by atoms with van der Waals surface area (Å²) in [6.07, 6.45) is 8.99. The van der Waals surface area contributed by atoms with Gasteiger partial charge < -0.3 is 5.32 Å². The second-order valence-electron chi connectivity index (χ2n) is 6.52. The number of carbonyl (C=O) groups is 1. The Morgan fingerprint density at radius 1 is 1.24 bits per heavy atom. The lowest BCUT2D eigenvalue weighted by Gasteiger charge is -2.25. The average molecular weight is 335 g/mol. The lowest BCUT2D eigenvalue weighted by Crippen LogP contribution is -2.23. The van der Waals surface area contributed by atoms with Gasteiger partial charge in [0.2, 0.25) is 0 Å². The Hall–Kier alpha value is -2.89. The maximum absolute atomic E-state index is 12.4. The SMILES string of the molecule is Cn1cc(CNC(=O)c2cnn(C3CCC3)c2)c(-c2ccccc2)n1. The van der Waals surface area contributed by atoms with E-state index in [2.05, 4.69) is 15.5 Å². The first kappa shape index (κ1) is 15.6. The van der Waals surface area contributed by atoms with Gasteiger partial charge in [0.25, 0.3) is 5.91 Å². The molecule has 6 nitrogen and oxygen atoms in total. The van der Waals surface area contributed by atoms with E-state index in [1.54, 1.807) is 10.9 Å². The molecule has 128 valence electrons. The molecule has 0 aliphatic heterocycles. The van der Waals surface area contributed by atoms with Crippen LogP contribution in [0.15, 0.2) is 48.9 Å². The summed E-state index contributed by atoms with van der Waals surface area (Å²) in [5.74, 6) is -0.103. The highest BCUT2D eigenvalue weighted by molar-refractivity contribution is 5.93. The molecule has 0 unspecified atom stereocenters. The minimum absolute atomic E-state index is 0.103. The molecule has 1 amide bonds. The van der Waals surface area contributed by atoms with E-state index in [4.69, 9.17) is 0 Å². The Morgan fingerprint density at radius 3 is 2.76 bits per heavy atom. The van der Waals surface area contributed by atoms with Crippen LogP contribution in [-0.4, -0.2) is 25.5 Å². The number of aryl methyl sites for hydroxylation is 1. The third-order valence-electron chi connectivity index (χ3n) is 4.70. The van der Waals surface area contributed by atoms with Crippen molar-refractivity contribution in [2.75, 3.05) is 0 Å². The molecule has 1 aliphatic carbocycles. The van der Waals surface area contributed by atoms with Gasteiger partial charge in [-0.3, -0.25) is 14.2 Å². The fourth-order valence-electron chi connectivity index (χ4n) is 3.09. The molecule has 0 saturated heterocycles. The number of benzene rings is 1. The summed E-state index contributed by atoms with van der Waals surface area (Å²) < 4.78 is 3.69. The largest absolute Gasteiger partial charge is 0.348 e. The van der Waals surface area contributed by atoms with Crippen molar-refractivity contribution in [3.63, 3.8) is 0 Å². The van der Waals surface area contributed by atoms with Crippen molar-refractivity contribution in [2.45, 2.75) is 31.8 Å². The van der Waals surface area contributed by atoms with Gasteiger partial charge in [-0.15, -0.1) is 0 Å². The van der Waals surface area contributed by atoms with Gasteiger partial charge >= 0.3 is 0 Å². The lowest BCUT2D eigenvalue weighted by molar-refractivity contribution is 0.0950. The third-order valence-corrected chi connectivity index (χ3v) is 4.70. The van der Waals surface area contributed by atoms with Gasteiger partial charge in [-0.05, 0) is 19.3 Å². The fourth-order valence-corrected chi connectivity index (χ4v) is 3.09. The first-order valence-corrected chi connectivity index (χ1v) is 8.61. The van der Waals surface area contributed by atoms with Crippen molar-refractivity contribution < 1.29 is 4.79 Å². The second-order valence-corrected chi connectivity index (χ2v) is 6.52. The summed E-state index contributed by atoms with van der Waals surface area (Å²) in [5.41, 5.74) is 3.55. The molecule has 1 aromatic carbocycles. The molecule has 0 radical (unpaired) electrons. The van der Waals surface area contributed by atoms with E-state index < -0.39 is 0 Å². The van der Waals surface area contributed by atoms with Crippen LogP contribution < -0.4 is 5.32 Å². The van der Waals surface area contributed by atoms with Crippen molar-refractivity contribution in [3.05, 3.63) is 60.0 Å². The van der Waals surface area contributed by atoms with Crippen LogP contribution in [0.2, 0.25) is 0 Å². The third kappa shape index (κ3) is 3.20. The normalized spacial score (nSPS) is 14.3. The quantitative estimate of drug-likeness (QED) is 0.780. The maximum atomic E-state index is 12.4. The van der Waals surface area contributed by atoms with Crippen LogP contribution in [0.25, 0.3) is 11.3 Å². The Kier molecular flexibility index (Phi) is 4.09. The van der Waals surface area contributed by atoms with Crippen LogP contribution in [0.5, 0.6) is 0 Å². The number of hydrogen-bond donors (Lipinski definition) is 1. The predicted octanol–water partition coefficient (Wildman–Crippen LogP) is 2.94. The fraction of sp³-hybridized carbons (Fsp3) is 0.316. The van der Waals surface area contributed by atoms with Gasteiger partial charge in [0, 0.05) is 37.1 Å². The van der Waals surface area contributed by atoms with Crippen LogP contribution in [0.3, 0.4) is 0 Å². The predicted molar refractivity (Wildman–Crippen MR) is 94.9 cm³/mol. The zero-order valence-corrected chi connectivity index (χ0v) is 14.2. The number of rotatable bonds is 5. The van der Waals surface area contributed by atoms with Gasteiger partial charge in [-0.1, -0.05) is 30.3 Å². The van der Waals surface area contributed by atoms with Crippen LogP contribution >= 0.6 is 0 Å². The van der Waals surface area contributed by atoms with E-state index in [1.165, 1.54) is 6.42 Å². The van der Waals surface area contributed by atoms with Gasteiger partial charge in [0.15, 0.2) is 0 Å². The summed E-state index contributed by atoms with van der Waals surface area (Å²) >= 11 is 0. The molecule has 1 N–H and O–H groups in total. The summed E-state index contributed by atoms with van der Waals surface area (Å²) in [6.45, 7) is 0.436. The van der Waals surface area contributed by atoms with E-state index in [9.17, 15) is 4.79 Å². The van der Waals surface area contributed by atoms with Gasteiger partial charge in [0.05, 0.1) is 23.5 Å². The van der Waals surface area contributed by atoms with E-state index >= 15 is 0 Å². The molecule has 2 aromatic heterocycles. The zero-order chi connectivity index (χ0) is 17.2. The first-order chi connectivity index (χ1) is 12.2. The van der Waals surface area contributed by atoms with Crippen molar-refractivity contribution >= 4 is 5.91 Å². The molecule has 25 heavy (non-hydrogen) atoms. The van der Waals surface area contributed by atoms with E-state index in [0.717, 1.165) is 29.7 Å². The standard InChI is InChI=1S/C19H21N5O/c1-23-12-15(18(22-23)14-6-3-2-4-7-14)10-20-19(25)16-11-21-24(13-16)17-8-5-9-17/h2-4,6-7,11-13,17H,5,8-10H2,1H3,(H,20,25). The topological polar surface area (TPSA) is 64.7 Å². The number of amides is 1. The molecule has 3 aromatic rings. The van der Waals surface area contributed by atoms with Crippen molar-refractivity contribution in [3.8, 4) is 11.3 Å². The average Bonchev–Trinajstić information content (AvgIpc) is 3.19. The van der Waals surface area contributed by atoms with E-state index in [-0.39, 0.29) is 5.91 Å². The van der Waals surface area contributed by atoms with Crippen molar-refractivity contribution in [1.82, 2.24) is 24.9 Å². The number of nitrogens with zero attached hydrogens (tertiary/aromatic N) is 4. The molecular formula is C19H21N5O. The first-order valence-electron chi connectivity index (χ1n) is 8.61. The Morgan fingerprint density at radius 2 is 2.04 bits per heavy atom. The van der Waals surface area contributed by atoms with Crippen LogP contribution in [-0.2, 0) is 13.6 Å². The number of aromatic nitrogens is 4. The van der Waals surface area contributed by atoms with Gasteiger partial charge in [-0.2, -0.15) is 10.2 Å².